The smallest absolute Gasteiger partial charge is 0.237 e. The molecule has 0 unspecified atom stereocenters. The number of anilines is 2. The molecule has 0 spiro atoms. The summed E-state index contributed by atoms with van der Waals surface area (Å²) < 4.78 is 5.42. The van der Waals surface area contributed by atoms with E-state index >= 15 is 0 Å². The first-order chi connectivity index (χ1) is 12.1. The average Bonchev–Trinajstić information content (AvgIpc) is 2.64. The molecule has 132 valence electrons. The summed E-state index contributed by atoms with van der Waals surface area (Å²) in [6.45, 7) is 7.15. The highest BCUT2D eigenvalue weighted by Crippen LogP contribution is 2.29. The first-order valence-corrected chi connectivity index (χ1v) is 9.47. The van der Waals surface area contributed by atoms with Crippen LogP contribution in [0.2, 0.25) is 0 Å². The second-order valence-corrected chi connectivity index (χ2v) is 7.59. The predicted octanol–water partition coefficient (Wildman–Crippen LogP) is 3.95. The van der Waals surface area contributed by atoms with Crippen LogP contribution in [0.3, 0.4) is 0 Å². The predicted molar refractivity (Wildman–Crippen MR) is 105 cm³/mol. The van der Waals surface area contributed by atoms with Gasteiger partial charge in [0.2, 0.25) is 5.91 Å². The van der Waals surface area contributed by atoms with Crippen molar-refractivity contribution in [2.24, 2.45) is 0 Å². The molecule has 25 heavy (non-hydrogen) atoms. The molecule has 1 atom stereocenters. The molecule has 0 saturated carbocycles. The summed E-state index contributed by atoms with van der Waals surface area (Å²) in [5, 5.41) is 2.93. The minimum Gasteiger partial charge on any atom is -0.378 e. The number of nitrogens with zero attached hydrogens (tertiary/aromatic N) is 1. The molecule has 4 nitrogen and oxygen atoms in total. The van der Waals surface area contributed by atoms with Gasteiger partial charge in [-0.2, -0.15) is 0 Å². The van der Waals surface area contributed by atoms with E-state index in [9.17, 15) is 4.79 Å². The van der Waals surface area contributed by atoms with Gasteiger partial charge in [-0.1, -0.05) is 29.8 Å². The second-order valence-electron chi connectivity index (χ2n) is 6.18. The molecule has 2 aromatic rings. The van der Waals surface area contributed by atoms with E-state index in [1.807, 2.05) is 25.1 Å². The summed E-state index contributed by atoms with van der Waals surface area (Å²) >= 11 is 1.58. The van der Waals surface area contributed by atoms with Crippen LogP contribution in [-0.4, -0.2) is 37.5 Å². The first kappa shape index (κ1) is 17.8. The normalized spacial score (nSPS) is 15.7. The van der Waals surface area contributed by atoms with Crippen LogP contribution in [-0.2, 0) is 9.53 Å². The number of benzene rings is 2. The molecule has 1 aliphatic rings. The fraction of sp³-hybridized carbons (Fsp3) is 0.350. The van der Waals surface area contributed by atoms with Crippen LogP contribution < -0.4 is 10.2 Å². The maximum atomic E-state index is 12.6. The first-order valence-electron chi connectivity index (χ1n) is 8.59. The minimum atomic E-state index is -0.166. The molecule has 1 N–H and O–H groups in total. The zero-order valence-corrected chi connectivity index (χ0v) is 15.5. The fourth-order valence-electron chi connectivity index (χ4n) is 2.77. The van der Waals surface area contributed by atoms with Crippen molar-refractivity contribution in [2.75, 3.05) is 36.5 Å². The fourth-order valence-corrected chi connectivity index (χ4v) is 3.64. The van der Waals surface area contributed by atoms with E-state index in [2.05, 4.69) is 47.5 Å². The van der Waals surface area contributed by atoms with Crippen LogP contribution in [0.15, 0.2) is 53.4 Å². The van der Waals surface area contributed by atoms with Crippen molar-refractivity contribution in [3.63, 3.8) is 0 Å². The molecule has 1 amide bonds. The number of amides is 1. The van der Waals surface area contributed by atoms with Gasteiger partial charge in [0.25, 0.3) is 0 Å². The molecule has 1 saturated heterocycles. The third kappa shape index (κ3) is 4.77. The summed E-state index contributed by atoms with van der Waals surface area (Å²) in [7, 11) is 0. The number of morpholine rings is 1. The highest BCUT2D eigenvalue weighted by Gasteiger charge is 2.19. The zero-order valence-electron chi connectivity index (χ0n) is 14.7. The van der Waals surface area contributed by atoms with Gasteiger partial charge in [-0.3, -0.25) is 4.79 Å². The number of rotatable bonds is 5. The Kier molecular flexibility index (Phi) is 6.00. The number of carbonyl (C=O) groups is 1. The zero-order chi connectivity index (χ0) is 17.6. The molecule has 5 heteroatoms. The molecule has 0 radical (unpaired) electrons. The van der Waals surface area contributed by atoms with Gasteiger partial charge in [0.1, 0.15) is 0 Å². The van der Waals surface area contributed by atoms with Crippen LogP contribution in [0.1, 0.15) is 12.5 Å². The van der Waals surface area contributed by atoms with Gasteiger partial charge in [0.05, 0.1) is 29.8 Å². The molecular formula is C20H24N2O2S. The van der Waals surface area contributed by atoms with E-state index in [1.54, 1.807) is 11.8 Å². The van der Waals surface area contributed by atoms with Crippen LogP contribution in [0, 0.1) is 6.92 Å². The van der Waals surface area contributed by atoms with Gasteiger partial charge in [0, 0.05) is 18.0 Å². The summed E-state index contributed by atoms with van der Waals surface area (Å²) in [6, 6.07) is 16.2. The van der Waals surface area contributed by atoms with Crippen LogP contribution in [0.4, 0.5) is 11.4 Å². The lowest BCUT2D eigenvalue weighted by Crippen LogP contribution is -2.37. The van der Waals surface area contributed by atoms with Crippen molar-refractivity contribution in [1.29, 1.82) is 0 Å². The van der Waals surface area contributed by atoms with Gasteiger partial charge >= 0.3 is 0 Å². The molecule has 1 aliphatic heterocycles. The summed E-state index contributed by atoms with van der Waals surface area (Å²) in [5.74, 6) is 0.0197. The van der Waals surface area contributed by atoms with E-state index in [-0.39, 0.29) is 11.2 Å². The van der Waals surface area contributed by atoms with Crippen molar-refractivity contribution in [1.82, 2.24) is 0 Å². The average molecular weight is 356 g/mol. The van der Waals surface area contributed by atoms with Crippen molar-refractivity contribution in [3.8, 4) is 0 Å². The molecule has 1 heterocycles. The second kappa shape index (κ2) is 8.41. The van der Waals surface area contributed by atoms with Crippen LogP contribution in [0.5, 0.6) is 0 Å². The summed E-state index contributed by atoms with van der Waals surface area (Å²) in [5.41, 5.74) is 3.15. The highest BCUT2D eigenvalue weighted by atomic mass is 32.2. The number of nitrogens with one attached hydrogen (secondary N) is 1. The van der Waals surface area contributed by atoms with E-state index in [0.29, 0.717) is 0 Å². The quantitative estimate of drug-likeness (QED) is 0.824. The van der Waals surface area contributed by atoms with Crippen molar-refractivity contribution < 1.29 is 9.53 Å². The molecule has 0 aromatic heterocycles. The van der Waals surface area contributed by atoms with Gasteiger partial charge in [-0.05, 0) is 38.1 Å². The third-order valence-electron chi connectivity index (χ3n) is 4.22. The van der Waals surface area contributed by atoms with E-state index in [0.717, 1.165) is 42.6 Å². The standard InChI is InChI=1S/C20H24N2O2S/c1-15-7-9-17(10-8-15)25-16(2)20(23)21-18-5-3-4-6-19(18)22-11-13-24-14-12-22/h3-10,16H,11-14H2,1-2H3,(H,21,23)/t16-/m1/s1. The van der Waals surface area contributed by atoms with E-state index < -0.39 is 0 Å². The molecular weight excluding hydrogens is 332 g/mol. The molecule has 0 bridgehead atoms. The number of carbonyl (C=O) groups excluding carboxylic acids is 1. The molecule has 3 rings (SSSR count). The number of hydrogen-bond acceptors (Lipinski definition) is 4. The SMILES string of the molecule is Cc1ccc(S[C@H](C)C(=O)Nc2ccccc2N2CCOCC2)cc1. The van der Waals surface area contributed by atoms with E-state index in [1.165, 1.54) is 5.56 Å². The number of thioether (sulfide) groups is 1. The Morgan fingerprint density at radius 2 is 1.80 bits per heavy atom. The Hall–Kier alpha value is -1.98. The largest absolute Gasteiger partial charge is 0.378 e. The Labute approximate surface area is 153 Å². The summed E-state index contributed by atoms with van der Waals surface area (Å²) in [4.78, 5) is 16.0. The minimum absolute atomic E-state index is 0.0197. The number of para-hydroxylation sites is 2. The lowest BCUT2D eigenvalue weighted by molar-refractivity contribution is -0.115. The number of ether oxygens (including phenoxy) is 1. The Morgan fingerprint density at radius 3 is 2.52 bits per heavy atom. The maximum Gasteiger partial charge on any atom is 0.237 e. The Bertz CT molecular complexity index is 712. The topological polar surface area (TPSA) is 41.6 Å². The molecule has 1 fully saturated rings. The third-order valence-corrected chi connectivity index (χ3v) is 5.33. The van der Waals surface area contributed by atoms with Crippen LogP contribution in [0.25, 0.3) is 0 Å². The van der Waals surface area contributed by atoms with Crippen molar-refractivity contribution in [2.45, 2.75) is 24.0 Å². The number of hydrogen-bond donors (Lipinski definition) is 1. The lowest BCUT2D eigenvalue weighted by Gasteiger charge is -2.30. The van der Waals surface area contributed by atoms with Crippen molar-refractivity contribution in [3.05, 3.63) is 54.1 Å². The molecule has 2 aromatic carbocycles. The highest BCUT2D eigenvalue weighted by molar-refractivity contribution is 8.00. The Morgan fingerprint density at radius 1 is 1.12 bits per heavy atom. The van der Waals surface area contributed by atoms with Gasteiger partial charge in [0.15, 0.2) is 0 Å². The van der Waals surface area contributed by atoms with Crippen LogP contribution >= 0.6 is 11.8 Å². The molecule has 0 aliphatic carbocycles. The van der Waals surface area contributed by atoms with Crippen molar-refractivity contribution >= 4 is 29.0 Å². The van der Waals surface area contributed by atoms with Gasteiger partial charge in [-0.25, -0.2) is 0 Å². The van der Waals surface area contributed by atoms with Gasteiger partial charge in [-0.15, -0.1) is 11.8 Å². The number of aryl methyl sites for hydroxylation is 1. The Balaban J connectivity index is 1.66. The lowest BCUT2D eigenvalue weighted by atomic mass is 10.2. The summed E-state index contributed by atoms with van der Waals surface area (Å²) in [6.07, 6.45) is 0. The maximum absolute atomic E-state index is 12.6. The van der Waals surface area contributed by atoms with Gasteiger partial charge < -0.3 is 15.0 Å². The van der Waals surface area contributed by atoms with E-state index in [4.69, 9.17) is 4.74 Å². The monoisotopic (exact) mass is 356 g/mol.